The minimum atomic E-state index is -0.356. The third kappa shape index (κ3) is 5.53. The molecule has 2 N–H and O–H groups in total. The summed E-state index contributed by atoms with van der Waals surface area (Å²) < 4.78 is 15.3. The molecule has 164 valence electrons. The zero-order valence-corrected chi connectivity index (χ0v) is 19.2. The standard InChI is InChI=1S/C23H24ClFN4O.ClH/c1-15-21(17-8-11-20(25)18(13-17)14-26)27-29(23(30)22(15)28(2)3)12-4-5-16-6-9-19(24)10-7-16;/h4-11,13H,12,14,26H2,1-3H3;1H. The number of allylic oxidation sites excluding steroid dienone is 1. The lowest BCUT2D eigenvalue weighted by Gasteiger charge is -2.19. The van der Waals surface area contributed by atoms with Crippen molar-refractivity contribution >= 4 is 35.8 Å². The smallest absolute Gasteiger partial charge is 0.290 e. The average molecular weight is 463 g/mol. The van der Waals surface area contributed by atoms with Crippen LogP contribution in [-0.4, -0.2) is 23.9 Å². The molecule has 1 heterocycles. The molecule has 0 radical (unpaired) electrons. The van der Waals surface area contributed by atoms with Gasteiger partial charge in [0.25, 0.3) is 5.56 Å². The summed E-state index contributed by atoms with van der Waals surface area (Å²) in [4.78, 5) is 14.8. The fourth-order valence-electron chi connectivity index (χ4n) is 3.30. The van der Waals surface area contributed by atoms with Crippen LogP contribution in [0, 0.1) is 12.7 Å². The number of hydrogen-bond acceptors (Lipinski definition) is 4. The normalized spacial score (nSPS) is 10.9. The zero-order chi connectivity index (χ0) is 21.8. The first-order chi connectivity index (χ1) is 14.3. The molecule has 0 bridgehead atoms. The van der Waals surface area contributed by atoms with E-state index in [9.17, 15) is 9.18 Å². The molecule has 2 aromatic carbocycles. The Kier molecular flexibility index (Phi) is 8.39. The lowest BCUT2D eigenvalue weighted by Crippen LogP contribution is -2.30. The van der Waals surface area contributed by atoms with Gasteiger partial charge in [-0.05, 0) is 42.8 Å². The van der Waals surface area contributed by atoms with Crippen molar-refractivity contribution in [3.05, 3.63) is 86.4 Å². The van der Waals surface area contributed by atoms with Gasteiger partial charge in [0.1, 0.15) is 11.5 Å². The molecule has 0 aliphatic carbocycles. The highest BCUT2D eigenvalue weighted by Gasteiger charge is 2.17. The van der Waals surface area contributed by atoms with E-state index in [1.54, 1.807) is 17.0 Å². The molecule has 5 nitrogen and oxygen atoms in total. The van der Waals surface area contributed by atoms with Crippen LogP contribution in [0.5, 0.6) is 0 Å². The highest BCUT2D eigenvalue weighted by molar-refractivity contribution is 6.30. The van der Waals surface area contributed by atoms with E-state index in [1.165, 1.54) is 10.7 Å². The van der Waals surface area contributed by atoms with E-state index in [0.717, 1.165) is 11.1 Å². The number of benzene rings is 2. The summed E-state index contributed by atoms with van der Waals surface area (Å²) in [6.07, 6.45) is 3.77. The Morgan fingerprint density at radius 2 is 1.87 bits per heavy atom. The second-order valence-corrected chi connectivity index (χ2v) is 7.60. The fourth-order valence-corrected chi connectivity index (χ4v) is 3.43. The quantitative estimate of drug-likeness (QED) is 0.577. The number of anilines is 1. The first-order valence-corrected chi connectivity index (χ1v) is 9.89. The van der Waals surface area contributed by atoms with Gasteiger partial charge in [-0.1, -0.05) is 35.9 Å². The SMILES string of the molecule is Cc1c(-c2ccc(F)c(CN)c2)nn(CC=Cc2ccc(Cl)cc2)c(=O)c1N(C)C.Cl. The van der Waals surface area contributed by atoms with Gasteiger partial charge in [0.2, 0.25) is 0 Å². The summed E-state index contributed by atoms with van der Waals surface area (Å²) in [6.45, 7) is 2.22. The van der Waals surface area contributed by atoms with E-state index in [-0.39, 0.29) is 30.3 Å². The Bertz CT molecular complexity index is 1140. The summed E-state index contributed by atoms with van der Waals surface area (Å²) in [5, 5.41) is 5.24. The lowest BCUT2D eigenvalue weighted by atomic mass is 10.0. The molecular formula is C23H25Cl2FN4O. The van der Waals surface area contributed by atoms with E-state index >= 15 is 0 Å². The van der Waals surface area contributed by atoms with Crippen molar-refractivity contribution < 1.29 is 4.39 Å². The summed E-state index contributed by atoms with van der Waals surface area (Å²) in [5.41, 5.74) is 9.45. The van der Waals surface area contributed by atoms with Crippen LogP contribution in [0.15, 0.2) is 53.3 Å². The Morgan fingerprint density at radius 3 is 2.48 bits per heavy atom. The van der Waals surface area contributed by atoms with Crippen molar-refractivity contribution in [3.8, 4) is 11.3 Å². The molecule has 0 fully saturated rings. The fraction of sp³-hybridized carbons (Fsp3) is 0.217. The molecule has 1 aromatic heterocycles. The van der Waals surface area contributed by atoms with Gasteiger partial charge in [-0.15, -0.1) is 12.4 Å². The van der Waals surface area contributed by atoms with Crippen molar-refractivity contribution in [3.63, 3.8) is 0 Å². The number of nitrogens with zero attached hydrogens (tertiary/aromatic N) is 3. The van der Waals surface area contributed by atoms with Crippen LogP contribution in [0.1, 0.15) is 16.7 Å². The third-order valence-electron chi connectivity index (χ3n) is 4.81. The predicted molar refractivity (Wildman–Crippen MR) is 129 cm³/mol. The lowest BCUT2D eigenvalue weighted by molar-refractivity contribution is 0.610. The molecule has 0 atom stereocenters. The van der Waals surface area contributed by atoms with Crippen molar-refractivity contribution in [1.29, 1.82) is 0 Å². The maximum absolute atomic E-state index is 13.9. The van der Waals surface area contributed by atoms with Crippen LogP contribution >= 0.6 is 24.0 Å². The molecular weight excluding hydrogens is 438 g/mol. The van der Waals surface area contributed by atoms with Gasteiger partial charge in [0, 0.05) is 42.4 Å². The van der Waals surface area contributed by atoms with Gasteiger partial charge in [0.05, 0.1) is 12.2 Å². The van der Waals surface area contributed by atoms with E-state index in [1.807, 2.05) is 57.4 Å². The van der Waals surface area contributed by atoms with Crippen molar-refractivity contribution in [2.24, 2.45) is 5.73 Å². The summed E-state index contributed by atoms with van der Waals surface area (Å²) in [5.74, 6) is -0.356. The highest BCUT2D eigenvalue weighted by atomic mass is 35.5. The summed E-state index contributed by atoms with van der Waals surface area (Å²) in [7, 11) is 3.63. The zero-order valence-electron chi connectivity index (χ0n) is 17.6. The highest BCUT2D eigenvalue weighted by Crippen LogP contribution is 2.27. The number of hydrogen-bond donors (Lipinski definition) is 1. The monoisotopic (exact) mass is 462 g/mol. The molecule has 0 aliphatic heterocycles. The van der Waals surface area contributed by atoms with Gasteiger partial charge in [-0.2, -0.15) is 5.10 Å². The Balaban J connectivity index is 0.00000341. The molecule has 0 aliphatic rings. The largest absolute Gasteiger partial charge is 0.373 e. The van der Waals surface area contributed by atoms with Crippen LogP contribution in [-0.2, 0) is 13.1 Å². The minimum absolute atomic E-state index is 0. The molecule has 0 saturated heterocycles. The van der Waals surface area contributed by atoms with Crippen LogP contribution in [0.4, 0.5) is 10.1 Å². The van der Waals surface area contributed by atoms with Gasteiger partial charge in [-0.3, -0.25) is 4.79 Å². The molecule has 0 spiro atoms. The third-order valence-corrected chi connectivity index (χ3v) is 5.07. The Hall–Kier alpha value is -2.67. The van der Waals surface area contributed by atoms with Crippen molar-refractivity contribution in [2.45, 2.75) is 20.0 Å². The maximum atomic E-state index is 13.9. The first kappa shape index (κ1) is 24.6. The second kappa shape index (κ2) is 10.6. The average Bonchev–Trinajstić information content (AvgIpc) is 2.71. The van der Waals surface area contributed by atoms with Gasteiger partial charge in [0.15, 0.2) is 0 Å². The van der Waals surface area contributed by atoms with E-state index in [4.69, 9.17) is 17.3 Å². The Morgan fingerprint density at radius 1 is 1.19 bits per heavy atom. The van der Waals surface area contributed by atoms with Gasteiger partial charge >= 0.3 is 0 Å². The molecule has 8 heteroatoms. The Labute approximate surface area is 192 Å². The van der Waals surface area contributed by atoms with Crippen molar-refractivity contribution in [1.82, 2.24) is 9.78 Å². The van der Waals surface area contributed by atoms with E-state index in [0.29, 0.717) is 34.1 Å². The van der Waals surface area contributed by atoms with Crippen LogP contribution < -0.4 is 16.2 Å². The number of rotatable bonds is 6. The summed E-state index contributed by atoms with van der Waals surface area (Å²) >= 11 is 5.92. The predicted octanol–water partition coefficient (Wildman–Crippen LogP) is 4.67. The topological polar surface area (TPSA) is 64.1 Å². The number of halogens is 3. The summed E-state index contributed by atoms with van der Waals surface area (Å²) in [6, 6.07) is 12.1. The van der Waals surface area contributed by atoms with Crippen molar-refractivity contribution in [2.75, 3.05) is 19.0 Å². The van der Waals surface area contributed by atoms with Crippen LogP contribution in [0.2, 0.25) is 5.02 Å². The number of nitrogens with two attached hydrogens (primary N) is 1. The number of aromatic nitrogens is 2. The maximum Gasteiger partial charge on any atom is 0.290 e. The molecule has 3 aromatic rings. The molecule has 3 rings (SSSR count). The molecule has 31 heavy (non-hydrogen) atoms. The van der Waals surface area contributed by atoms with Gasteiger partial charge in [-0.25, -0.2) is 9.07 Å². The van der Waals surface area contributed by atoms with E-state index in [2.05, 4.69) is 5.10 Å². The van der Waals surface area contributed by atoms with E-state index < -0.39 is 0 Å². The molecule has 0 amide bonds. The van der Waals surface area contributed by atoms with Crippen LogP contribution in [0.3, 0.4) is 0 Å². The van der Waals surface area contributed by atoms with Gasteiger partial charge < -0.3 is 10.6 Å². The molecule has 0 unspecified atom stereocenters. The second-order valence-electron chi connectivity index (χ2n) is 7.17. The first-order valence-electron chi connectivity index (χ1n) is 9.52. The minimum Gasteiger partial charge on any atom is -0.373 e. The molecule has 0 saturated carbocycles. The van der Waals surface area contributed by atoms with Crippen LogP contribution in [0.25, 0.3) is 17.3 Å².